The van der Waals surface area contributed by atoms with Gasteiger partial charge in [-0.2, -0.15) is 0 Å². The SMILES string of the molecule is Cc1cccc(N2CCN(CCCNC(=O)[C@@H]3c4ccccc4C(=O)N(CC(C)C)[C@@H]3c3cccs3)C[C@H]2C)c1. The lowest BCUT2D eigenvalue weighted by Gasteiger charge is -2.42. The van der Waals surface area contributed by atoms with Crippen LogP contribution in [-0.4, -0.2) is 66.9 Å². The lowest BCUT2D eigenvalue weighted by atomic mass is 9.81. The van der Waals surface area contributed by atoms with Crippen LogP contribution in [0.4, 0.5) is 5.69 Å². The number of fused-ring (bicyclic) bond motifs is 1. The molecule has 0 spiro atoms. The minimum atomic E-state index is -0.427. The lowest BCUT2D eigenvalue weighted by molar-refractivity contribution is -0.124. The van der Waals surface area contributed by atoms with Gasteiger partial charge in [-0.25, -0.2) is 0 Å². The molecule has 212 valence electrons. The summed E-state index contributed by atoms with van der Waals surface area (Å²) in [4.78, 5) is 35.5. The van der Waals surface area contributed by atoms with Crippen LogP contribution in [0.15, 0.2) is 66.0 Å². The summed E-state index contributed by atoms with van der Waals surface area (Å²) in [6.07, 6.45) is 0.898. The summed E-state index contributed by atoms with van der Waals surface area (Å²) in [5, 5.41) is 5.29. The number of anilines is 1. The quantitative estimate of drug-likeness (QED) is 0.342. The second kappa shape index (κ2) is 12.6. The van der Waals surface area contributed by atoms with Gasteiger partial charge in [0.1, 0.15) is 0 Å². The maximum atomic E-state index is 13.9. The number of hydrogen-bond acceptors (Lipinski definition) is 5. The molecule has 2 aromatic carbocycles. The van der Waals surface area contributed by atoms with Crippen molar-refractivity contribution in [3.8, 4) is 0 Å². The minimum Gasteiger partial charge on any atom is -0.366 e. The fraction of sp³-hybridized carbons (Fsp3) is 0.455. The molecule has 2 amide bonds. The van der Waals surface area contributed by atoms with Crippen molar-refractivity contribution in [3.63, 3.8) is 0 Å². The Kier molecular flexibility index (Phi) is 8.91. The summed E-state index contributed by atoms with van der Waals surface area (Å²) in [6.45, 7) is 13.9. The molecule has 1 saturated heterocycles. The molecule has 2 aliphatic rings. The van der Waals surface area contributed by atoms with E-state index in [2.05, 4.69) is 73.1 Å². The fourth-order valence-corrected chi connectivity index (χ4v) is 7.17. The predicted octanol–water partition coefficient (Wildman–Crippen LogP) is 5.71. The standard InChI is InChI=1S/C33H42N4O2S/c1-23(2)21-37-31(29-14-8-19-40-29)30(27-12-5-6-13-28(27)33(37)39)32(38)34-15-9-16-35-17-18-36(25(4)22-35)26-11-7-10-24(3)20-26/h5-8,10-14,19-20,23,25,30-31H,9,15-18,21-22H2,1-4H3,(H,34,38)/t25-,30-,31-/m1/s1. The number of benzene rings is 2. The molecule has 1 N–H and O–H groups in total. The lowest BCUT2D eigenvalue weighted by Crippen LogP contribution is -2.52. The number of hydrogen-bond donors (Lipinski definition) is 1. The molecule has 0 unspecified atom stereocenters. The number of carbonyl (C=O) groups excluding carboxylic acids is 2. The Morgan fingerprint density at radius 1 is 1.07 bits per heavy atom. The Balaban J connectivity index is 1.23. The number of amides is 2. The molecule has 5 rings (SSSR count). The van der Waals surface area contributed by atoms with E-state index in [-0.39, 0.29) is 17.9 Å². The molecule has 3 aromatic rings. The maximum Gasteiger partial charge on any atom is 0.254 e. The molecule has 2 aliphatic heterocycles. The van der Waals surface area contributed by atoms with E-state index in [1.807, 2.05) is 40.6 Å². The van der Waals surface area contributed by atoms with Crippen LogP contribution in [0.25, 0.3) is 0 Å². The maximum absolute atomic E-state index is 13.9. The Morgan fingerprint density at radius 3 is 2.62 bits per heavy atom. The van der Waals surface area contributed by atoms with Crippen LogP contribution in [0.3, 0.4) is 0 Å². The number of aryl methyl sites for hydroxylation is 1. The van der Waals surface area contributed by atoms with Gasteiger partial charge in [0.2, 0.25) is 5.91 Å². The molecule has 3 heterocycles. The second-order valence-electron chi connectivity index (χ2n) is 11.7. The highest BCUT2D eigenvalue weighted by molar-refractivity contribution is 7.10. The van der Waals surface area contributed by atoms with E-state index < -0.39 is 5.92 Å². The first-order chi connectivity index (χ1) is 19.3. The molecular formula is C33H42N4O2S. The molecule has 0 aliphatic carbocycles. The molecule has 3 atom stereocenters. The van der Waals surface area contributed by atoms with Gasteiger partial charge in [-0.1, -0.05) is 50.2 Å². The van der Waals surface area contributed by atoms with Crippen LogP contribution in [-0.2, 0) is 4.79 Å². The summed E-state index contributed by atoms with van der Waals surface area (Å²) in [5.41, 5.74) is 4.08. The zero-order chi connectivity index (χ0) is 28.2. The zero-order valence-corrected chi connectivity index (χ0v) is 25.0. The molecule has 0 radical (unpaired) electrons. The van der Waals surface area contributed by atoms with E-state index in [0.29, 0.717) is 30.6 Å². The molecule has 40 heavy (non-hydrogen) atoms. The van der Waals surface area contributed by atoms with Crippen LogP contribution >= 0.6 is 11.3 Å². The van der Waals surface area contributed by atoms with E-state index in [4.69, 9.17) is 0 Å². The van der Waals surface area contributed by atoms with Crippen molar-refractivity contribution in [2.45, 2.75) is 52.1 Å². The minimum absolute atomic E-state index is 0.00439. The van der Waals surface area contributed by atoms with Crippen molar-refractivity contribution in [3.05, 3.63) is 87.6 Å². The van der Waals surface area contributed by atoms with Crippen molar-refractivity contribution in [2.75, 3.05) is 44.2 Å². The highest BCUT2D eigenvalue weighted by Gasteiger charge is 2.44. The van der Waals surface area contributed by atoms with Crippen LogP contribution in [0, 0.1) is 12.8 Å². The Morgan fingerprint density at radius 2 is 1.90 bits per heavy atom. The van der Waals surface area contributed by atoms with Crippen molar-refractivity contribution in [1.29, 1.82) is 0 Å². The first-order valence-electron chi connectivity index (χ1n) is 14.6. The predicted molar refractivity (Wildman–Crippen MR) is 164 cm³/mol. The molecule has 0 bridgehead atoms. The first kappa shape index (κ1) is 28.4. The smallest absolute Gasteiger partial charge is 0.254 e. The van der Waals surface area contributed by atoms with Gasteiger partial charge in [-0.3, -0.25) is 14.5 Å². The largest absolute Gasteiger partial charge is 0.366 e. The number of thiophene rings is 1. The van der Waals surface area contributed by atoms with E-state index in [0.717, 1.165) is 43.0 Å². The van der Waals surface area contributed by atoms with Gasteiger partial charge in [-0.15, -0.1) is 11.3 Å². The molecule has 1 fully saturated rings. The van der Waals surface area contributed by atoms with Gasteiger partial charge >= 0.3 is 0 Å². The first-order valence-corrected chi connectivity index (χ1v) is 15.5. The van der Waals surface area contributed by atoms with Gasteiger partial charge in [0, 0.05) is 54.9 Å². The number of rotatable bonds is 9. The highest BCUT2D eigenvalue weighted by atomic mass is 32.1. The summed E-state index contributed by atoms with van der Waals surface area (Å²) in [5.74, 6) is -0.103. The number of piperazine rings is 1. The summed E-state index contributed by atoms with van der Waals surface area (Å²) < 4.78 is 0. The van der Waals surface area contributed by atoms with Gasteiger partial charge in [0.15, 0.2) is 0 Å². The molecule has 0 saturated carbocycles. The molecule has 7 heteroatoms. The topological polar surface area (TPSA) is 55.9 Å². The molecule has 6 nitrogen and oxygen atoms in total. The summed E-state index contributed by atoms with van der Waals surface area (Å²) in [6, 6.07) is 20.6. The molecule has 1 aromatic heterocycles. The van der Waals surface area contributed by atoms with E-state index in [9.17, 15) is 9.59 Å². The average Bonchev–Trinajstić information content (AvgIpc) is 3.47. The number of carbonyl (C=O) groups is 2. The zero-order valence-electron chi connectivity index (χ0n) is 24.2. The van der Waals surface area contributed by atoms with E-state index >= 15 is 0 Å². The van der Waals surface area contributed by atoms with Crippen LogP contribution in [0.5, 0.6) is 0 Å². The second-order valence-corrected chi connectivity index (χ2v) is 12.7. The Labute approximate surface area is 243 Å². The van der Waals surface area contributed by atoms with Crippen molar-refractivity contribution >= 4 is 28.8 Å². The fourth-order valence-electron chi connectivity index (χ4n) is 6.30. The normalized spacial score (nSPS) is 21.5. The van der Waals surface area contributed by atoms with E-state index in [1.165, 1.54) is 11.3 Å². The summed E-state index contributed by atoms with van der Waals surface area (Å²) in [7, 11) is 0. The number of nitrogens with zero attached hydrogens (tertiary/aromatic N) is 3. The van der Waals surface area contributed by atoms with Crippen molar-refractivity contribution in [2.24, 2.45) is 5.92 Å². The van der Waals surface area contributed by atoms with Crippen molar-refractivity contribution in [1.82, 2.24) is 15.1 Å². The summed E-state index contributed by atoms with van der Waals surface area (Å²) >= 11 is 1.62. The Bertz CT molecular complexity index is 1310. The third kappa shape index (κ3) is 6.11. The van der Waals surface area contributed by atoms with Crippen molar-refractivity contribution < 1.29 is 9.59 Å². The highest BCUT2D eigenvalue weighted by Crippen LogP contribution is 2.44. The van der Waals surface area contributed by atoms with E-state index in [1.54, 1.807) is 11.3 Å². The monoisotopic (exact) mass is 558 g/mol. The molecular weight excluding hydrogens is 516 g/mol. The third-order valence-corrected chi connectivity index (χ3v) is 9.06. The van der Waals surface area contributed by atoms with Crippen LogP contribution < -0.4 is 10.2 Å². The van der Waals surface area contributed by atoms with Crippen LogP contribution in [0.2, 0.25) is 0 Å². The average molecular weight is 559 g/mol. The van der Waals surface area contributed by atoms with Crippen LogP contribution in [0.1, 0.15) is 65.5 Å². The third-order valence-electron chi connectivity index (χ3n) is 8.11. The van der Waals surface area contributed by atoms with Gasteiger partial charge in [0.05, 0.1) is 12.0 Å². The Hall–Kier alpha value is -3.16. The van der Waals surface area contributed by atoms with Gasteiger partial charge < -0.3 is 15.1 Å². The number of nitrogens with one attached hydrogen (secondary N) is 1. The van der Waals surface area contributed by atoms with Gasteiger partial charge in [0.25, 0.3) is 5.91 Å². The van der Waals surface area contributed by atoms with Gasteiger partial charge in [-0.05, 0) is 73.5 Å².